The molecule has 0 amide bonds. The molecule has 0 saturated heterocycles. The van der Waals surface area contributed by atoms with Gasteiger partial charge in [0.2, 0.25) is 0 Å². The molecule has 13 heavy (non-hydrogen) atoms. The smallest absolute Gasteiger partial charge is 0.307 e. The molecule has 0 aromatic rings. The fourth-order valence-corrected chi connectivity index (χ4v) is 1.03. The summed E-state index contributed by atoms with van der Waals surface area (Å²) in [6.45, 7) is 3.13. The number of hydrogen-bond acceptors (Lipinski definition) is 4. The first-order chi connectivity index (χ1) is 5.87. The number of thiol groups is 1. The zero-order valence-electron chi connectivity index (χ0n) is 7.74. The van der Waals surface area contributed by atoms with Gasteiger partial charge >= 0.3 is 11.9 Å². The van der Waals surface area contributed by atoms with Gasteiger partial charge < -0.3 is 9.84 Å². The largest absolute Gasteiger partial charge is 0.481 e. The van der Waals surface area contributed by atoms with Crippen LogP contribution in [0, 0.1) is 0 Å². The molecule has 5 heteroatoms. The fourth-order valence-electron chi connectivity index (χ4n) is 0.851. The van der Waals surface area contributed by atoms with Crippen molar-refractivity contribution >= 4 is 24.6 Å². The number of rotatable bonds is 5. The lowest BCUT2D eigenvalue weighted by Gasteiger charge is -2.22. The maximum atomic E-state index is 11.0. The third-order valence-electron chi connectivity index (χ3n) is 1.28. The number of aliphatic carboxylic acids is 1. The lowest BCUT2D eigenvalue weighted by atomic mass is 10.1. The minimum absolute atomic E-state index is 0.189. The van der Waals surface area contributed by atoms with Crippen molar-refractivity contribution in [2.75, 3.05) is 5.75 Å². The van der Waals surface area contributed by atoms with Crippen LogP contribution in [0.15, 0.2) is 0 Å². The van der Waals surface area contributed by atoms with E-state index in [4.69, 9.17) is 9.84 Å². The second-order valence-corrected chi connectivity index (χ2v) is 3.73. The van der Waals surface area contributed by atoms with Crippen molar-refractivity contribution in [2.45, 2.75) is 32.3 Å². The molecule has 0 aliphatic heterocycles. The van der Waals surface area contributed by atoms with Gasteiger partial charge in [0.25, 0.3) is 0 Å². The van der Waals surface area contributed by atoms with Gasteiger partial charge in [0, 0.05) is 5.75 Å². The summed E-state index contributed by atoms with van der Waals surface area (Å²) in [4.78, 5) is 21.3. The Morgan fingerprint density at radius 2 is 2.00 bits per heavy atom. The Bertz CT molecular complexity index is 200. The molecule has 0 unspecified atom stereocenters. The monoisotopic (exact) mass is 206 g/mol. The van der Waals surface area contributed by atoms with E-state index in [9.17, 15) is 9.59 Å². The van der Waals surface area contributed by atoms with E-state index in [1.165, 1.54) is 0 Å². The van der Waals surface area contributed by atoms with E-state index in [0.29, 0.717) is 5.75 Å². The Balaban J connectivity index is 4.00. The van der Waals surface area contributed by atoms with Gasteiger partial charge in [-0.1, -0.05) is 0 Å². The first-order valence-electron chi connectivity index (χ1n) is 3.92. The van der Waals surface area contributed by atoms with E-state index in [2.05, 4.69) is 12.6 Å². The highest BCUT2D eigenvalue weighted by Crippen LogP contribution is 2.15. The van der Waals surface area contributed by atoms with Crippen molar-refractivity contribution in [3.63, 3.8) is 0 Å². The van der Waals surface area contributed by atoms with Crippen LogP contribution in [0.4, 0.5) is 0 Å². The van der Waals surface area contributed by atoms with Crippen molar-refractivity contribution in [3.05, 3.63) is 0 Å². The summed E-state index contributed by atoms with van der Waals surface area (Å²) in [5.41, 5.74) is -0.939. The minimum Gasteiger partial charge on any atom is -0.481 e. The van der Waals surface area contributed by atoms with E-state index in [0.717, 1.165) is 0 Å². The van der Waals surface area contributed by atoms with E-state index in [1.807, 2.05) is 0 Å². The maximum absolute atomic E-state index is 11.0. The first kappa shape index (κ1) is 12.3. The van der Waals surface area contributed by atoms with Gasteiger partial charge in [0.15, 0.2) is 0 Å². The van der Waals surface area contributed by atoms with E-state index in [1.54, 1.807) is 13.8 Å². The Labute approximate surface area is 82.7 Å². The van der Waals surface area contributed by atoms with Crippen LogP contribution in [0.2, 0.25) is 0 Å². The van der Waals surface area contributed by atoms with Gasteiger partial charge in [0.05, 0.1) is 12.8 Å². The lowest BCUT2D eigenvalue weighted by Crippen LogP contribution is -2.31. The van der Waals surface area contributed by atoms with Crippen LogP contribution < -0.4 is 0 Å². The highest BCUT2D eigenvalue weighted by atomic mass is 32.1. The molecule has 0 heterocycles. The number of esters is 1. The second-order valence-electron chi connectivity index (χ2n) is 3.28. The van der Waals surface area contributed by atoms with Gasteiger partial charge in [-0.25, -0.2) is 0 Å². The van der Waals surface area contributed by atoms with E-state index >= 15 is 0 Å². The number of carbonyl (C=O) groups is 2. The quantitative estimate of drug-likeness (QED) is 0.522. The summed E-state index contributed by atoms with van der Waals surface area (Å²) in [7, 11) is 0. The number of ether oxygens (including phenoxy) is 1. The third-order valence-corrected chi connectivity index (χ3v) is 1.51. The molecule has 0 fully saturated rings. The molecule has 76 valence electrons. The average Bonchev–Trinajstić information content (AvgIpc) is 1.81. The molecule has 0 aromatic carbocycles. The van der Waals surface area contributed by atoms with Gasteiger partial charge in [-0.3, -0.25) is 9.59 Å². The SMILES string of the molecule is CC(C)(CC(=O)O)OC(=O)CCS. The third kappa shape index (κ3) is 6.45. The summed E-state index contributed by atoms with van der Waals surface area (Å²) < 4.78 is 4.92. The van der Waals surface area contributed by atoms with Crippen LogP contribution in [-0.2, 0) is 14.3 Å². The molecule has 0 bridgehead atoms. The molecule has 0 aliphatic carbocycles. The van der Waals surface area contributed by atoms with Gasteiger partial charge in [-0.05, 0) is 13.8 Å². The van der Waals surface area contributed by atoms with Crippen LogP contribution >= 0.6 is 12.6 Å². The zero-order valence-corrected chi connectivity index (χ0v) is 8.63. The molecule has 4 nitrogen and oxygen atoms in total. The van der Waals surface area contributed by atoms with Crippen molar-refractivity contribution < 1.29 is 19.4 Å². The standard InChI is InChI=1S/C8H14O4S/c1-8(2,5-6(9)10)12-7(11)3-4-13/h13H,3-5H2,1-2H3,(H,9,10). The van der Waals surface area contributed by atoms with E-state index in [-0.39, 0.29) is 12.8 Å². The second kappa shape index (κ2) is 5.11. The van der Waals surface area contributed by atoms with Crippen molar-refractivity contribution in [3.8, 4) is 0 Å². The molecule has 0 aliphatic rings. The highest BCUT2D eigenvalue weighted by molar-refractivity contribution is 7.80. The van der Waals surface area contributed by atoms with Crippen LogP contribution in [0.1, 0.15) is 26.7 Å². The van der Waals surface area contributed by atoms with Gasteiger partial charge in [-0.2, -0.15) is 12.6 Å². The van der Waals surface area contributed by atoms with Crippen LogP contribution in [0.25, 0.3) is 0 Å². The summed E-state index contributed by atoms with van der Waals surface area (Å²) in [5, 5.41) is 8.49. The molecule has 0 aromatic heterocycles. The highest BCUT2D eigenvalue weighted by Gasteiger charge is 2.25. The average molecular weight is 206 g/mol. The van der Waals surface area contributed by atoms with Gasteiger partial charge in [0.1, 0.15) is 5.60 Å². The predicted octanol–water partition coefficient (Wildman–Crippen LogP) is 1.10. The Kier molecular flexibility index (Phi) is 4.83. The van der Waals surface area contributed by atoms with E-state index < -0.39 is 17.5 Å². The number of hydrogen-bond donors (Lipinski definition) is 2. The molecule has 0 saturated carbocycles. The van der Waals surface area contributed by atoms with Crippen LogP contribution in [-0.4, -0.2) is 28.4 Å². The zero-order chi connectivity index (χ0) is 10.5. The topological polar surface area (TPSA) is 63.6 Å². The van der Waals surface area contributed by atoms with Crippen LogP contribution in [0.3, 0.4) is 0 Å². The minimum atomic E-state index is -0.983. The summed E-state index contributed by atoms with van der Waals surface area (Å²) in [5.74, 6) is -0.993. The molecule has 0 spiro atoms. The predicted molar refractivity (Wildman–Crippen MR) is 50.9 cm³/mol. The summed E-state index contributed by atoms with van der Waals surface area (Å²) in [6, 6.07) is 0. The number of carboxylic acid groups (broad SMARTS) is 1. The Morgan fingerprint density at radius 3 is 2.38 bits per heavy atom. The molecular formula is C8H14O4S. The molecule has 0 rings (SSSR count). The summed E-state index contributed by atoms with van der Waals surface area (Å²) in [6.07, 6.45) is 0.0114. The number of carbonyl (C=O) groups excluding carboxylic acids is 1. The Morgan fingerprint density at radius 1 is 1.46 bits per heavy atom. The normalized spacial score (nSPS) is 11.0. The molecule has 1 N–H and O–H groups in total. The van der Waals surface area contributed by atoms with Crippen molar-refractivity contribution in [2.24, 2.45) is 0 Å². The Hall–Kier alpha value is -0.710. The fraction of sp³-hybridized carbons (Fsp3) is 0.750. The van der Waals surface area contributed by atoms with Crippen LogP contribution in [0.5, 0.6) is 0 Å². The number of carboxylic acids is 1. The molecule has 0 radical (unpaired) electrons. The van der Waals surface area contributed by atoms with Crippen molar-refractivity contribution in [1.82, 2.24) is 0 Å². The maximum Gasteiger partial charge on any atom is 0.307 e. The van der Waals surface area contributed by atoms with Gasteiger partial charge in [-0.15, -0.1) is 0 Å². The first-order valence-corrected chi connectivity index (χ1v) is 4.55. The van der Waals surface area contributed by atoms with Crippen molar-refractivity contribution in [1.29, 1.82) is 0 Å². The molecule has 0 atom stereocenters. The summed E-state index contributed by atoms with van der Waals surface area (Å²) >= 11 is 3.86. The molecular weight excluding hydrogens is 192 g/mol. The lowest BCUT2D eigenvalue weighted by molar-refractivity contribution is -0.160.